The molecule has 35 heavy (non-hydrogen) atoms. The van der Waals surface area contributed by atoms with Crippen molar-refractivity contribution in [3.8, 4) is 11.1 Å². The van der Waals surface area contributed by atoms with Crippen molar-refractivity contribution in [1.82, 2.24) is 10.3 Å². The van der Waals surface area contributed by atoms with Gasteiger partial charge in [-0.05, 0) is 29.7 Å². The lowest BCUT2D eigenvalue weighted by Crippen LogP contribution is -2.37. The number of aromatic nitrogens is 1. The van der Waals surface area contributed by atoms with Gasteiger partial charge in [-0.3, -0.25) is 9.59 Å². The first-order chi connectivity index (χ1) is 16.4. The zero-order valence-electron chi connectivity index (χ0n) is 19.4. The van der Waals surface area contributed by atoms with E-state index in [2.05, 4.69) is 10.3 Å². The number of sulfonamides is 1. The van der Waals surface area contributed by atoms with Crippen molar-refractivity contribution in [2.24, 2.45) is 5.14 Å². The number of carbonyl (C=O) groups excluding carboxylic acids is 2. The Hall–Kier alpha value is -2.67. The third kappa shape index (κ3) is 7.17. The molecule has 3 rings (SSSR count). The second-order valence-electron chi connectivity index (χ2n) is 8.21. The van der Waals surface area contributed by atoms with E-state index in [0.29, 0.717) is 22.2 Å². The number of fused-ring (bicyclic) bond motifs is 1. The number of carbonyl (C=O) groups is 2. The van der Waals surface area contributed by atoms with Crippen molar-refractivity contribution in [3.05, 3.63) is 53.0 Å². The van der Waals surface area contributed by atoms with Crippen LogP contribution >= 0.6 is 11.3 Å². The van der Waals surface area contributed by atoms with Gasteiger partial charge in [0.1, 0.15) is 5.01 Å². The molecule has 9 nitrogen and oxygen atoms in total. The first-order valence-electron chi connectivity index (χ1n) is 10.9. The fourth-order valence-corrected chi connectivity index (χ4v) is 6.40. The van der Waals surface area contributed by atoms with Crippen molar-refractivity contribution in [2.75, 3.05) is 18.6 Å². The van der Waals surface area contributed by atoms with Crippen LogP contribution in [0.25, 0.3) is 21.3 Å². The normalized spacial score (nSPS) is 13.0. The van der Waals surface area contributed by atoms with E-state index in [0.717, 1.165) is 41.6 Å². The summed E-state index contributed by atoms with van der Waals surface area (Å²) in [5, 5.41) is 5.76. The van der Waals surface area contributed by atoms with Crippen LogP contribution in [0.15, 0.2) is 42.5 Å². The van der Waals surface area contributed by atoms with Gasteiger partial charge in [-0.15, -0.1) is 11.3 Å². The van der Waals surface area contributed by atoms with Crippen LogP contribution in [0, 0.1) is 0 Å². The van der Waals surface area contributed by atoms with Crippen LogP contribution in [0.1, 0.15) is 46.8 Å². The summed E-state index contributed by atoms with van der Waals surface area (Å²) in [7, 11) is -7.69. The van der Waals surface area contributed by atoms with Gasteiger partial charge in [0.25, 0.3) is 0 Å². The molecule has 188 valence electrons. The van der Waals surface area contributed by atoms with Gasteiger partial charge in [0.2, 0.25) is 15.9 Å². The highest BCUT2D eigenvalue weighted by Gasteiger charge is 2.34. The van der Waals surface area contributed by atoms with Gasteiger partial charge >= 0.3 is 0 Å². The molecule has 0 fully saturated rings. The lowest BCUT2D eigenvalue weighted by atomic mass is 10.0. The van der Waals surface area contributed by atoms with E-state index in [9.17, 15) is 26.4 Å². The van der Waals surface area contributed by atoms with Crippen LogP contribution in [0.3, 0.4) is 0 Å². The maximum absolute atomic E-state index is 12.6. The number of nitrogens with two attached hydrogens (primary N) is 1. The third-order valence-corrected chi connectivity index (χ3v) is 8.58. The topological polar surface area (TPSA) is 153 Å². The lowest BCUT2D eigenvalue weighted by Gasteiger charge is -2.12. The standard InChI is InChI=1S/C23H27N3O6S3/c1-3-4-5-19(27)16-8-6-15(7-9-16)17-10-11-18-20(14-17)33-23(26-18)21(34(2,29)30)22(28)25-12-13-35(24,31)32/h6-11,14,21H,3-5,12-13H2,1-2H3,(H,25,28)(H2,24,31,32). The molecule has 0 aliphatic heterocycles. The molecule has 3 N–H and O–H groups in total. The number of rotatable bonds is 11. The predicted octanol–water partition coefficient (Wildman–Crippen LogP) is 2.83. The summed E-state index contributed by atoms with van der Waals surface area (Å²) in [4.78, 5) is 29.2. The number of benzene rings is 2. The number of sulfone groups is 1. The maximum Gasteiger partial charge on any atom is 0.245 e. The van der Waals surface area contributed by atoms with Crippen molar-refractivity contribution in [1.29, 1.82) is 0 Å². The molecule has 0 spiro atoms. The van der Waals surface area contributed by atoms with Crippen LogP contribution < -0.4 is 10.5 Å². The van der Waals surface area contributed by atoms with Gasteiger partial charge in [-0.2, -0.15) is 0 Å². The monoisotopic (exact) mass is 537 g/mol. The van der Waals surface area contributed by atoms with Gasteiger partial charge in [-0.1, -0.05) is 43.7 Å². The van der Waals surface area contributed by atoms with Gasteiger partial charge in [-0.25, -0.2) is 27.0 Å². The van der Waals surface area contributed by atoms with E-state index in [4.69, 9.17) is 5.14 Å². The first-order valence-corrected chi connectivity index (χ1v) is 15.4. The molecule has 1 atom stereocenters. The van der Waals surface area contributed by atoms with Crippen molar-refractivity contribution >= 4 is 53.1 Å². The largest absolute Gasteiger partial charge is 0.354 e. The van der Waals surface area contributed by atoms with Crippen LogP contribution in [-0.2, 0) is 24.7 Å². The number of hydrogen-bond donors (Lipinski definition) is 2. The molecule has 1 aromatic heterocycles. The number of primary sulfonamides is 1. The molecule has 1 heterocycles. The number of thiazole rings is 1. The van der Waals surface area contributed by atoms with Crippen molar-refractivity contribution in [3.63, 3.8) is 0 Å². The maximum atomic E-state index is 12.6. The average Bonchev–Trinajstić information content (AvgIpc) is 3.18. The summed E-state index contributed by atoms with van der Waals surface area (Å²) in [5.41, 5.74) is 2.93. The number of nitrogens with one attached hydrogen (secondary N) is 1. The summed E-state index contributed by atoms with van der Waals surface area (Å²) in [6.07, 6.45) is 3.25. The Kier molecular flexibility index (Phi) is 8.42. The molecule has 0 radical (unpaired) electrons. The quantitative estimate of drug-likeness (QED) is 0.357. The summed E-state index contributed by atoms with van der Waals surface area (Å²) in [6, 6.07) is 12.7. The number of amides is 1. The van der Waals surface area contributed by atoms with E-state index in [1.807, 2.05) is 31.2 Å². The fourth-order valence-electron chi connectivity index (χ4n) is 3.46. The third-order valence-electron chi connectivity index (χ3n) is 5.28. The van der Waals surface area contributed by atoms with Crippen molar-refractivity contribution in [2.45, 2.75) is 31.4 Å². The number of hydrogen-bond acceptors (Lipinski definition) is 8. The number of unbranched alkanes of at least 4 members (excludes halogenated alkanes) is 1. The van der Waals surface area contributed by atoms with Gasteiger partial charge in [0, 0.05) is 24.8 Å². The Morgan fingerprint density at radius 2 is 1.71 bits per heavy atom. The second-order valence-corrected chi connectivity index (χ2v) is 13.1. The molecule has 1 amide bonds. The zero-order valence-corrected chi connectivity index (χ0v) is 21.8. The molecule has 0 saturated heterocycles. The Balaban J connectivity index is 1.86. The van der Waals surface area contributed by atoms with E-state index < -0.39 is 36.8 Å². The lowest BCUT2D eigenvalue weighted by molar-refractivity contribution is -0.120. The van der Waals surface area contributed by atoms with E-state index in [1.54, 1.807) is 18.2 Å². The van der Waals surface area contributed by atoms with Gasteiger partial charge in [0.15, 0.2) is 20.9 Å². The minimum Gasteiger partial charge on any atom is -0.354 e. The SMILES string of the molecule is CCCCC(=O)c1ccc(-c2ccc3nc(C(C(=O)NCCS(N)(=O)=O)S(C)(=O)=O)sc3c2)cc1. The molecular formula is C23H27N3O6S3. The molecule has 0 saturated carbocycles. The van der Waals surface area contributed by atoms with Crippen LogP contribution in [0.4, 0.5) is 0 Å². The highest BCUT2D eigenvalue weighted by molar-refractivity contribution is 7.91. The summed E-state index contributed by atoms with van der Waals surface area (Å²) in [6.45, 7) is 1.73. The second kappa shape index (κ2) is 10.9. The van der Waals surface area contributed by atoms with E-state index in [-0.39, 0.29) is 17.3 Å². The highest BCUT2D eigenvalue weighted by atomic mass is 32.2. The summed E-state index contributed by atoms with van der Waals surface area (Å²) >= 11 is 1.08. The molecule has 0 aliphatic rings. The van der Waals surface area contributed by atoms with E-state index in [1.165, 1.54) is 0 Å². The summed E-state index contributed by atoms with van der Waals surface area (Å²) in [5.74, 6) is -1.27. The average molecular weight is 538 g/mol. The van der Waals surface area contributed by atoms with Crippen LogP contribution in [0.5, 0.6) is 0 Å². The molecule has 1 unspecified atom stereocenters. The first kappa shape index (κ1) is 26.9. The molecule has 0 bridgehead atoms. The smallest absolute Gasteiger partial charge is 0.245 e. The Labute approximate surface area is 208 Å². The predicted molar refractivity (Wildman–Crippen MR) is 137 cm³/mol. The fraction of sp³-hybridized carbons (Fsp3) is 0.348. The zero-order chi connectivity index (χ0) is 25.8. The summed E-state index contributed by atoms with van der Waals surface area (Å²) < 4.78 is 47.6. The molecule has 2 aromatic carbocycles. The Morgan fingerprint density at radius 1 is 1.06 bits per heavy atom. The van der Waals surface area contributed by atoms with Crippen LogP contribution in [0.2, 0.25) is 0 Å². The number of Topliss-reactive ketones (excluding diaryl/α,β-unsaturated/α-hetero) is 1. The number of nitrogens with zero attached hydrogens (tertiary/aromatic N) is 1. The molecule has 12 heteroatoms. The highest BCUT2D eigenvalue weighted by Crippen LogP contribution is 2.33. The molecule has 3 aromatic rings. The molecular weight excluding hydrogens is 510 g/mol. The van der Waals surface area contributed by atoms with Crippen LogP contribution in [-0.4, -0.2) is 52.1 Å². The van der Waals surface area contributed by atoms with Gasteiger partial charge < -0.3 is 5.32 Å². The molecule has 0 aliphatic carbocycles. The Morgan fingerprint density at radius 3 is 2.31 bits per heavy atom. The number of ketones is 1. The van der Waals surface area contributed by atoms with Gasteiger partial charge in [0.05, 0.1) is 16.0 Å². The Bertz CT molecular complexity index is 1450. The minimum absolute atomic E-state index is 0.0876. The van der Waals surface area contributed by atoms with Crippen molar-refractivity contribution < 1.29 is 26.4 Å². The minimum atomic E-state index is -3.89. The van der Waals surface area contributed by atoms with E-state index >= 15 is 0 Å².